The van der Waals surface area contributed by atoms with Gasteiger partial charge in [0.1, 0.15) is 11.4 Å². The molecule has 0 amide bonds. The molecule has 1 atom stereocenters. The van der Waals surface area contributed by atoms with E-state index in [1.165, 1.54) is 16.9 Å². The second kappa shape index (κ2) is 6.72. The molecule has 0 aliphatic carbocycles. The summed E-state index contributed by atoms with van der Waals surface area (Å²) in [5.74, 6) is 6.87. The summed E-state index contributed by atoms with van der Waals surface area (Å²) < 4.78 is 5.36. The highest BCUT2D eigenvalue weighted by molar-refractivity contribution is 7.12. The molecule has 5 heteroatoms. The summed E-state index contributed by atoms with van der Waals surface area (Å²) in [6.45, 7) is 9.44. The van der Waals surface area contributed by atoms with Crippen LogP contribution < -0.4 is 0 Å². The quantitative estimate of drug-likeness (QED) is 0.860. The van der Waals surface area contributed by atoms with E-state index in [9.17, 15) is 5.11 Å². The van der Waals surface area contributed by atoms with Gasteiger partial charge in [-0.25, -0.2) is 0 Å². The number of aromatic nitrogens is 1. The van der Waals surface area contributed by atoms with Crippen molar-refractivity contribution in [3.05, 3.63) is 38.9 Å². The summed E-state index contributed by atoms with van der Waals surface area (Å²) in [7, 11) is 0. The zero-order valence-electron chi connectivity index (χ0n) is 14.7. The van der Waals surface area contributed by atoms with Gasteiger partial charge < -0.3 is 9.63 Å². The van der Waals surface area contributed by atoms with Crippen LogP contribution in [0.25, 0.3) is 0 Å². The van der Waals surface area contributed by atoms with Crippen LogP contribution in [-0.4, -0.2) is 27.3 Å². The van der Waals surface area contributed by atoms with Gasteiger partial charge >= 0.3 is 0 Å². The van der Waals surface area contributed by atoms with Crippen molar-refractivity contribution >= 4 is 11.3 Å². The molecule has 0 aromatic carbocycles. The van der Waals surface area contributed by atoms with Crippen LogP contribution in [0.1, 0.15) is 59.5 Å². The molecule has 1 saturated heterocycles. The van der Waals surface area contributed by atoms with Crippen LogP contribution >= 0.6 is 11.3 Å². The average Bonchev–Trinajstić information content (AvgIpc) is 3.19. The van der Waals surface area contributed by atoms with Crippen molar-refractivity contribution in [2.45, 2.75) is 58.7 Å². The van der Waals surface area contributed by atoms with Gasteiger partial charge in [0.2, 0.25) is 0 Å². The third-order valence-electron chi connectivity index (χ3n) is 4.30. The number of aryl methyl sites for hydroxylation is 2. The van der Waals surface area contributed by atoms with Crippen molar-refractivity contribution in [3.8, 4) is 11.8 Å². The number of hydrogen-bond acceptors (Lipinski definition) is 5. The molecule has 1 aliphatic rings. The van der Waals surface area contributed by atoms with Crippen molar-refractivity contribution in [2.75, 3.05) is 6.54 Å². The van der Waals surface area contributed by atoms with Crippen LogP contribution in [0.4, 0.5) is 0 Å². The number of thiophene rings is 1. The number of rotatable bonds is 3. The van der Waals surface area contributed by atoms with E-state index in [0.717, 1.165) is 35.8 Å². The molecular formula is C19H24N2O2S. The van der Waals surface area contributed by atoms with Crippen LogP contribution in [0.5, 0.6) is 0 Å². The summed E-state index contributed by atoms with van der Waals surface area (Å²) in [5.41, 5.74) is 1.31. The van der Waals surface area contributed by atoms with Crippen molar-refractivity contribution in [3.63, 3.8) is 0 Å². The van der Waals surface area contributed by atoms with Crippen molar-refractivity contribution in [2.24, 2.45) is 0 Å². The highest BCUT2D eigenvalue weighted by Crippen LogP contribution is 2.37. The predicted octanol–water partition coefficient (Wildman–Crippen LogP) is 3.81. The zero-order chi connectivity index (χ0) is 17.3. The maximum Gasteiger partial charge on any atom is 0.138 e. The highest BCUT2D eigenvalue weighted by Gasteiger charge is 2.30. The standard InChI is InChI=1S/C19H24N2O2S/c1-13-18(14(2)23-20-13)17-6-5-11-21(17)12-16-8-7-15(24-16)9-10-19(3,4)22/h7-8,17,22H,5-6,11-12H2,1-4H3/t17-/m0/s1. The lowest BCUT2D eigenvalue weighted by atomic mass is 10.0. The fourth-order valence-electron chi connectivity index (χ4n) is 3.25. The van der Waals surface area contributed by atoms with Gasteiger partial charge in [-0.05, 0) is 59.2 Å². The van der Waals surface area contributed by atoms with E-state index in [2.05, 4.69) is 28.0 Å². The maximum atomic E-state index is 9.72. The van der Waals surface area contributed by atoms with Crippen molar-refractivity contribution < 1.29 is 9.63 Å². The Labute approximate surface area is 147 Å². The highest BCUT2D eigenvalue weighted by atomic mass is 32.1. The summed E-state index contributed by atoms with van der Waals surface area (Å²) in [5, 5.41) is 13.8. The van der Waals surface area contributed by atoms with E-state index in [-0.39, 0.29) is 0 Å². The van der Waals surface area contributed by atoms with Gasteiger partial charge in [0, 0.05) is 23.0 Å². The normalized spacial score (nSPS) is 18.6. The van der Waals surface area contributed by atoms with Crippen LogP contribution in [-0.2, 0) is 6.54 Å². The van der Waals surface area contributed by atoms with Gasteiger partial charge in [-0.2, -0.15) is 0 Å². The van der Waals surface area contributed by atoms with E-state index in [1.807, 2.05) is 19.9 Å². The predicted molar refractivity (Wildman–Crippen MR) is 95.9 cm³/mol. The lowest BCUT2D eigenvalue weighted by molar-refractivity contribution is 0.143. The molecule has 128 valence electrons. The monoisotopic (exact) mass is 344 g/mol. The molecule has 0 bridgehead atoms. The minimum absolute atomic E-state index is 0.393. The van der Waals surface area contributed by atoms with Gasteiger partial charge in [-0.3, -0.25) is 4.90 Å². The van der Waals surface area contributed by atoms with Crippen LogP contribution in [0.3, 0.4) is 0 Å². The summed E-state index contributed by atoms with van der Waals surface area (Å²) in [6, 6.07) is 4.57. The molecule has 0 spiro atoms. The minimum atomic E-state index is -0.951. The Hall–Kier alpha value is -1.61. The van der Waals surface area contributed by atoms with Crippen molar-refractivity contribution in [1.29, 1.82) is 0 Å². The minimum Gasteiger partial charge on any atom is -0.378 e. The lowest BCUT2D eigenvalue weighted by Gasteiger charge is -2.23. The molecule has 1 aliphatic heterocycles. The molecule has 24 heavy (non-hydrogen) atoms. The van der Waals surface area contributed by atoms with E-state index < -0.39 is 5.60 Å². The first-order chi connectivity index (χ1) is 11.3. The Morgan fingerprint density at radius 2 is 2.21 bits per heavy atom. The number of nitrogens with zero attached hydrogens (tertiary/aromatic N) is 2. The molecular weight excluding hydrogens is 320 g/mol. The summed E-state index contributed by atoms with van der Waals surface area (Å²) >= 11 is 1.70. The molecule has 2 aromatic heterocycles. The smallest absolute Gasteiger partial charge is 0.138 e. The second-order valence-electron chi connectivity index (χ2n) is 6.94. The Morgan fingerprint density at radius 1 is 1.42 bits per heavy atom. The van der Waals surface area contributed by atoms with E-state index in [0.29, 0.717) is 6.04 Å². The first kappa shape index (κ1) is 17.2. The number of hydrogen-bond donors (Lipinski definition) is 1. The lowest BCUT2D eigenvalue weighted by Crippen LogP contribution is -2.23. The van der Waals surface area contributed by atoms with Gasteiger partial charge in [0.05, 0.1) is 10.6 Å². The molecule has 0 saturated carbocycles. The van der Waals surface area contributed by atoms with E-state index in [4.69, 9.17) is 4.52 Å². The Balaban J connectivity index is 1.74. The summed E-state index contributed by atoms with van der Waals surface area (Å²) in [4.78, 5) is 4.81. The second-order valence-corrected chi connectivity index (χ2v) is 8.11. The van der Waals surface area contributed by atoms with Crippen LogP contribution in [0, 0.1) is 25.7 Å². The molecule has 2 aromatic rings. The first-order valence-electron chi connectivity index (χ1n) is 8.34. The van der Waals surface area contributed by atoms with E-state index >= 15 is 0 Å². The molecule has 1 fully saturated rings. The topological polar surface area (TPSA) is 49.5 Å². The fourth-order valence-corrected chi connectivity index (χ4v) is 4.14. The largest absolute Gasteiger partial charge is 0.378 e. The molecule has 1 N–H and O–H groups in total. The zero-order valence-corrected chi connectivity index (χ0v) is 15.5. The summed E-state index contributed by atoms with van der Waals surface area (Å²) in [6.07, 6.45) is 2.35. The maximum absolute atomic E-state index is 9.72. The van der Waals surface area contributed by atoms with E-state index in [1.54, 1.807) is 25.2 Å². The van der Waals surface area contributed by atoms with Crippen LogP contribution in [0.2, 0.25) is 0 Å². The molecule has 4 nitrogen and oxygen atoms in total. The molecule has 3 heterocycles. The van der Waals surface area contributed by atoms with Crippen molar-refractivity contribution in [1.82, 2.24) is 10.1 Å². The van der Waals surface area contributed by atoms with Gasteiger partial charge in [-0.1, -0.05) is 17.0 Å². The molecule has 0 radical (unpaired) electrons. The van der Waals surface area contributed by atoms with Crippen LogP contribution in [0.15, 0.2) is 16.7 Å². The molecule has 3 rings (SSSR count). The molecule has 0 unspecified atom stereocenters. The fraction of sp³-hybridized carbons (Fsp3) is 0.526. The SMILES string of the molecule is Cc1noc(C)c1[C@@H]1CCCN1Cc1ccc(C#CC(C)(C)O)s1. The third kappa shape index (κ3) is 3.89. The number of aliphatic hydroxyl groups is 1. The average molecular weight is 344 g/mol. The number of likely N-dealkylation sites (tertiary alicyclic amines) is 1. The van der Waals surface area contributed by atoms with Gasteiger partial charge in [-0.15, -0.1) is 11.3 Å². The third-order valence-corrected chi connectivity index (χ3v) is 5.28. The van der Waals surface area contributed by atoms with Gasteiger partial charge in [0.25, 0.3) is 0 Å². The Kier molecular flexibility index (Phi) is 4.82. The Morgan fingerprint density at radius 3 is 2.88 bits per heavy atom. The van der Waals surface area contributed by atoms with Gasteiger partial charge in [0.15, 0.2) is 0 Å². The Bertz CT molecular complexity index is 754. The first-order valence-corrected chi connectivity index (χ1v) is 9.16.